The summed E-state index contributed by atoms with van der Waals surface area (Å²) in [5, 5.41) is 13.3. The standard InChI is InChI=1S/C11H8BrN5O3/c12-7-2-1-6(3-9(7)17(19)20)15-11(18)8-4-14-5-10(13)16-8/h1-5H,(H2,13,16)(H,15,18). The highest BCUT2D eigenvalue weighted by atomic mass is 79.9. The maximum Gasteiger partial charge on any atom is 0.285 e. The van der Waals surface area contributed by atoms with Gasteiger partial charge in [-0.1, -0.05) is 0 Å². The number of amides is 1. The fourth-order valence-corrected chi connectivity index (χ4v) is 1.81. The van der Waals surface area contributed by atoms with Crippen molar-refractivity contribution in [1.82, 2.24) is 9.97 Å². The Bertz CT molecular complexity index is 692. The van der Waals surface area contributed by atoms with E-state index in [1.165, 1.54) is 30.6 Å². The van der Waals surface area contributed by atoms with Crippen molar-refractivity contribution < 1.29 is 9.72 Å². The summed E-state index contributed by atoms with van der Waals surface area (Å²) < 4.78 is 0.323. The van der Waals surface area contributed by atoms with Crippen LogP contribution in [0.15, 0.2) is 35.1 Å². The van der Waals surface area contributed by atoms with E-state index in [-0.39, 0.29) is 22.9 Å². The predicted octanol–water partition coefficient (Wildman–Crippen LogP) is 1.98. The summed E-state index contributed by atoms with van der Waals surface area (Å²) in [5.41, 5.74) is 5.57. The molecule has 0 radical (unpaired) electrons. The number of hydrogen-bond acceptors (Lipinski definition) is 6. The van der Waals surface area contributed by atoms with Gasteiger partial charge >= 0.3 is 0 Å². The van der Waals surface area contributed by atoms with Crippen LogP contribution < -0.4 is 11.1 Å². The summed E-state index contributed by atoms with van der Waals surface area (Å²) in [6, 6.07) is 4.23. The van der Waals surface area contributed by atoms with E-state index in [9.17, 15) is 14.9 Å². The third-order valence-electron chi connectivity index (χ3n) is 2.29. The molecule has 1 aromatic heterocycles. The van der Waals surface area contributed by atoms with E-state index in [0.29, 0.717) is 4.47 Å². The molecule has 0 atom stereocenters. The van der Waals surface area contributed by atoms with E-state index >= 15 is 0 Å². The number of anilines is 2. The monoisotopic (exact) mass is 337 g/mol. The lowest BCUT2D eigenvalue weighted by molar-refractivity contribution is -0.385. The van der Waals surface area contributed by atoms with E-state index in [4.69, 9.17) is 5.73 Å². The number of nitro groups is 1. The first-order valence-corrected chi connectivity index (χ1v) is 6.09. The van der Waals surface area contributed by atoms with Gasteiger partial charge in [-0.2, -0.15) is 0 Å². The molecule has 1 amide bonds. The molecule has 20 heavy (non-hydrogen) atoms. The highest BCUT2D eigenvalue weighted by molar-refractivity contribution is 9.10. The Labute approximate surface area is 121 Å². The Morgan fingerprint density at radius 2 is 2.15 bits per heavy atom. The van der Waals surface area contributed by atoms with Crippen LogP contribution in [0.3, 0.4) is 0 Å². The minimum Gasteiger partial charge on any atom is -0.382 e. The number of carbonyl (C=O) groups excluding carboxylic acids is 1. The van der Waals surface area contributed by atoms with Gasteiger partial charge in [0.2, 0.25) is 0 Å². The quantitative estimate of drug-likeness (QED) is 0.651. The number of nitrogens with two attached hydrogens (primary N) is 1. The number of nitrogens with zero attached hydrogens (tertiary/aromatic N) is 3. The fourth-order valence-electron chi connectivity index (χ4n) is 1.42. The van der Waals surface area contributed by atoms with Gasteiger partial charge in [0.05, 0.1) is 21.8 Å². The Balaban J connectivity index is 2.24. The highest BCUT2D eigenvalue weighted by Crippen LogP contribution is 2.27. The number of nitrogens with one attached hydrogen (secondary N) is 1. The van der Waals surface area contributed by atoms with Gasteiger partial charge in [-0.3, -0.25) is 19.9 Å². The second-order valence-electron chi connectivity index (χ2n) is 3.71. The highest BCUT2D eigenvalue weighted by Gasteiger charge is 2.15. The molecule has 1 aromatic carbocycles. The number of aromatic nitrogens is 2. The third-order valence-corrected chi connectivity index (χ3v) is 2.96. The van der Waals surface area contributed by atoms with Crippen molar-refractivity contribution in [3.63, 3.8) is 0 Å². The first-order valence-electron chi connectivity index (χ1n) is 5.30. The first kappa shape index (κ1) is 13.9. The van der Waals surface area contributed by atoms with Gasteiger partial charge in [0.25, 0.3) is 11.6 Å². The van der Waals surface area contributed by atoms with Crippen LogP contribution in [0.25, 0.3) is 0 Å². The molecule has 8 nitrogen and oxygen atoms in total. The predicted molar refractivity (Wildman–Crippen MR) is 75.2 cm³/mol. The molecular weight excluding hydrogens is 330 g/mol. The molecule has 2 rings (SSSR count). The molecule has 0 aliphatic heterocycles. The fraction of sp³-hybridized carbons (Fsp3) is 0. The average molecular weight is 338 g/mol. The molecule has 1 heterocycles. The normalized spacial score (nSPS) is 10.1. The van der Waals surface area contributed by atoms with Gasteiger partial charge in [-0.15, -0.1) is 0 Å². The third kappa shape index (κ3) is 3.06. The number of rotatable bonds is 3. The largest absolute Gasteiger partial charge is 0.382 e. The van der Waals surface area contributed by atoms with E-state index < -0.39 is 10.8 Å². The van der Waals surface area contributed by atoms with Gasteiger partial charge in [-0.05, 0) is 28.1 Å². The molecular formula is C11H8BrN5O3. The Kier molecular flexibility index (Phi) is 3.89. The lowest BCUT2D eigenvalue weighted by Crippen LogP contribution is -2.15. The lowest BCUT2D eigenvalue weighted by Gasteiger charge is -2.05. The van der Waals surface area contributed by atoms with Crippen LogP contribution in [0, 0.1) is 10.1 Å². The molecule has 102 valence electrons. The minimum absolute atomic E-state index is 0.0237. The molecule has 0 aliphatic rings. The van der Waals surface area contributed by atoms with Gasteiger partial charge < -0.3 is 11.1 Å². The van der Waals surface area contributed by atoms with Crippen molar-refractivity contribution in [3.8, 4) is 0 Å². The second-order valence-corrected chi connectivity index (χ2v) is 4.56. The lowest BCUT2D eigenvalue weighted by atomic mass is 10.2. The summed E-state index contributed by atoms with van der Waals surface area (Å²) in [5.74, 6) is -0.444. The first-order chi connectivity index (χ1) is 9.47. The van der Waals surface area contributed by atoms with Gasteiger partial charge in [0.15, 0.2) is 0 Å². The number of nitro benzene ring substituents is 1. The van der Waals surface area contributed by atoms with E-state index in [2.05, 4.69) is 31.2 Å². The van der Waals surface area contributed by atoms with Crippen LogP contribution in [0.5, 0.6) is 0 Å². The molecule has 0 spiro atoms. The molecule has 9 heteroatoms. The average Bonchev–Trinajstić information content (AvgIpc) is 2.40. The SMILES string of the molecule is Nc1cncc(C(=O)Nc2ccc(Br)c([N+](=O)[O-])c2)n1. The molecule has 0 bridgehead atoms. The van der Waals surface area contributed by atoms with Crippen LogP contribution in [0.2, 0.25) is 0 Å². The number of nitrogen functional groups attached to an aromatic ring is 1. The van der Waals surface area contributed by atoms with Crippen LogP contribution in [0.1, 0.15) is 10.5 Å². The van der Waals surface area contributed by atoms with Crippen LogP contribution in [0.4, 0.5) is 17.2 Å². The number of halogens is 1. The smallest absolute Gasteiger partial charge is 0.285 e. The summed E-state index contributed by atoms with van der Waals surface area (Å²) >= 11 is 3.06. The Morgan fingerprint density at radius 3 is 2.80 bits per heavy atom. The van der Waals surface area contributed by atoms with Gasteiger partial charge in [0, 0.05) is 11.8 Å². The van der Waals surface area contributed by atoms with Crippen molar-refractivity contribution in [3.05, 3.63) is 50.9 Å². The summed E-state index contributed by atoms with van der Waals surface area (Å²) in [6.07, 6.45) is 2.56. The minimum atomic E-state index is -0.556. The van der Waals surface area contributed by atoms with Crippen LogP contribution >= 0.6 is 15.9 Å². The van der Waals surface area contributed by atoms with E-state index in [0.717, 1.165) is 0 Å². The van der Waals surface area contributed by atoms with Gasteiger partial charge in [-0.25, -0.2) is 4.98 Å². The van der Waals surface area contributed by atoms with Crippen molar-refractivity contribution in [2.24, 2.45) is 0 Å². The molecule has 2 aromatic rings. The molecule has 0 unspecified atom stereocenters. The van der Waals surface area contributed by atoms with E-state index in [1.54, 1.807) is 0 Å². The zero-order valence-electron chi connectivity index (χ0n) is 9.91. The topological polar surface area (TPSA) is 124 Å². The van der Waals surface area contributed by atoms with Crippen molar-refractivity contribution in [2.75, 3.05) is 11.1 Å². The summed E-state index contributed by atoms with van der Waals surface area (Å²) in [7, 11) is 0. The number of hydrogen-bond donors (Lipinski definition) is 2. The second kappa shape index (κ2) is 5.61. The molecule has 0 fully saturated rings. The summed E-state index contributed by atoms with van der Waals surface area (Å²) in [6.45, 7) is 0. The van der Waals surface area contributed by atoms with E-state index in [1.807, 2.05) is 0 Å². The van der Waals surface area contributed by atoms with Crippen LogP contribution in [-0.2, 0) is 0 Å². The maximum absolute atomic E-state index is 11.9. The molecule has 0 saturated carbocycles. The number of carbonyl (C=O) groups is 1. The molecule has 3 N–H and O–H groups in total. The van der Waals surface area contributed by atoms with Crippen LogP contribution in [-0.4, -0.2) is 20.8 Å². The molecule has 0 aliphatic carbocycles. The maximum atomic E-state index is 11.9. The zero-order valence-corrected chi connectivity index (χ0v) is 11.5. The van der Waals surface area contributed by atoms with Crippen molar-refractivity contribution in [2.45, 2.75) is 0 Å². The Hall–Kier alpha value is -2.55. The number of benzene rings is 1. The van der Waals surface area contributed by atoms with Gasteiger partial charge in [0.1, 0.15) is 11.5 Å². The zero-order chi connectivity index (χ0) is 14.7. The summed E-state index contributed by atoms with van der Waals surface area (Å²) in [4.78, 5) is 29.7. The van der Waals surface area contributed by atoms with Crippen molar-refractivity contribution in [1.29, 1.82) is 0 Å². The van der Waals surface area contributed by atoms with Crippen molar-refractivity contribution >= 4 is 39.0 Å². The molecule has 0 saturated heterocycles. The Morgan fingerprint density at radius 1 is 1.40 bits per heavy atom.